The Hall–Kier alpha value is -3.90. The van der Waals surface area contributed by atoms with Crippen molar-refractivity contribution in [1.29, 1.82) is 0 Å². The number of hydrogen-bond acceptors (Lipinski definition) is 24. The van der Waals surface area contributed by atoms with Crippen molar-refractivity contribution in [2.24, 2.45) is 5.73 Å². The number of carbonyl (C=O) groups is 3. The van der Waals surface area contributed by atoms with Crippen LogP contribution in [0.3, 0.4) is 0 Å². The van der Waals surface area contributed by atoms with Crippen molar-refractivity contribution in [2.45, 2.75) is 97.0 Å². The molecule has 71 heavy (non-hydrogen) atoms. The number of sulfonamides is 1. The summed E-state index contributed by atoms with van der Waals surface area (Å²) < 4.78 is 63.2. The van der Waals surface area contributed by atoms with Crippen molar-refractivity contribution >= 4 is 44.2 Å². The average Bonchev–Trinajstić information content (AvgIpc) is 3.34. The van der Waals surface area contributed by atoms with E-state index in [2.05, 4.69) is 0 Å². The van der Waals surface area contributed by atoms with Crippen LogP contribution in [0, 0.1) is 0 Å². The Kier molecular flexibility index (Phi) is 21.1. The summed E-state index contributed by atoms with van der Waals surface area (Å²) in [6, 6.07) is 9.34. The number of anilines is 1. The number of ether oxygens (including phenoxy) is 6. The molecular weight excluding hydrogens is 975 g/mol. The maximum absolute atomic E-state index is 14.9. The first-order valence-electron chi connectivity index (χ1n) is 22.4. The Morgan fingerprint density at radius 2 is 0.944 bits per heavy atom. The van der Waals surface area contributed by atoms with Gasteiger partial charge in [0.05, 0.1) is 64.2 Å². The average molecular weight is 1040 g/mol. The number of nitrogens with two attached hydrogens (primary N) is 1. The molecule has 0 bridgehead atoms. The van der Waals surface area contributed by atoms with Crippen molar-refractivity contribution in [2.75, 3.05) is 97.9 Å². The number of benzene rings is 2. The van der Waals surface area contributed by atoms with Gasteiger partial charge in [-0.15, -0.1) is 0 Å². The Labute approximate surface area is 407 Å². The summed E-state index contributed by atoms with van der Waals surface area (Å²) in [5, 5.41) is 123. The number of fused-ring (bicyclic) bond motifs is 1. The lowest BCUT2D eigenvalue weighted by atomic mass is 9.99. The molecule has 0 saturated carbocycles. The molecule has 28 nitrogen and oxygen atoms in total. The molecule has 29 heteroatoms. The van der Waals surface area contributed by atoms with Gasteiger partial charge in [0.2, 0.25) is 27.7 Å². The molecular formula is C42H65N5O23S. The van der Waals surface area contributed by atoms with E-state index in [4.69, 9.17) is 34.2 Å². The highest BCUT2D eigenvalue weighted by molar-refractivity contribution is 7.89. The van der Waals surface area contributed by atoms with E-state index >= 15 is 0 Å². The molecule has 0 unspecified atom stereocenters. The first-order chi connectivity index (χ1) is 33.6. The smallest absolute Gasteiger partial charge is 0.244 e. The highest BCUT2D eigenvalue weighted by atomic mass is 32.2. The summed E-state index contributed by atoms with van der Waals surface area (Å²) in [5.74, 6) is -3.15. The van der Waals surface area contributed by atoms with Gasteiger partial charge < -0.3 is 110 Å². The van der Waals surface area contributed by atoms with Crippen molar-refractivity contribution in [3.8, 4) is 0 Å². The number of rotatable bonds is 24. The molecule has 0 spiro atoms. The van der Waals surface area contributed by atoms with Crippen LogP contribution < -0.4 is 10.6 Å². The van der Waals surface area contributed by atoms with Crippen LogP contribution in [0.25, 0.3) is 10.8 Å². The monoisotopic (exact) mass is 1040 g/mol. The van der Waals surface area contributed by atoms with Crippen LogP contribution in [0.15, 0.2) is 41.3 Å². The molecule has 3 saturated heterocycles. The maximum Gasteiger partial charge on any atom is 0.244 e. The Morgan fingerprint density at radius 1 is 0.549 bits per heavy atom. The SMILES string of the molecule is CN(C)c1cccc2c(S(=O)(=O)N(CCO[C@H]3O[C@H](CO)[C@@H](O)[C@H](O)[C@@H]3O)CC(=O)N(CCO[C@H]3O[C@H](CO)[C@@H](O)[C@H](O)[C@@H]3O)CC(=O)N(CCO[C@H]3O[C@H](CO)[C@@H](O)[C@H](O)[C@@H]3O)CC(N)=O)cccc12. The molecule has 3 aliphatic heterocycles. The highest BCUT2D eigenvalue weighted by Gasteiger charge is 2.47. The van der Waals surface area contributed by atoms with Gasteiger partial charge in [0.25, 0.3) is 0 Å². The molecule has 0 aromatic heterocycles. The molecule has 3 aliphatic rings. The lowest BCUT2D eigenvalue weighted by Crippen LogP contribution is -2.59. The van der Waals surface area contributed by atoms with E-state index in [0.717, 1.165) is 9.80 Å². The second-order valence-corrected chi connectivity index (χ2v) is 19.1. The van der Waals surface area contributed by atoms with Crippen LogP contribution in [0.4, 0.5) is 5.69 Å². The van der Waals surface area contributed by atoms with Gasteiger partial charge in [-0.25, -0.2) is 8.42 Å². The van der Waals surface area contributed by atoms with E-state index in [0.29, 0.717) is 15.4 Å². The zero-order chi connectivity index (χ0) is 52.5. The fraction of sp³-hybridized carbons (Fsp3) is 0.690. The minimum atomic E-state index is -4.78. The first-order valence-corrected chi connectivity index (χ1v) is 23.8. The summed E-state index contributed by atoms with van der Waals surface area (Å²) in [7, 11) is -1.29. The lowest BCUT2D eigenvalue weighted by molar-refractivity contribution is -0.301. The van der Waals surface area contributed by atoms with Gasteiger partial charge in [-0.1, -0.05) is 24.3 Å². The van der Waals surface area contributed by atoms with Crippen LogP contribution in [-0.2, 0) is 52.8 Å². The van der Waals surface area contributed by atoms with Gasteiger partial charge >= 0.3 is 0 Å². The topological polar surface area (TPSA) is 422 Å². The number of aliphatic hydroxyl groups is 12. The second-order valence-electron chi connectivity index (χ2n) is 17.2. The Balaban J connectivity index is 1.45. The van der Waals surface area contributed by atoms with Gasteiger partial charge in [-0.2, -0.15) is 4.31 Å². The van der Waals surface area contributed by atoms with Crippen LogP contribution in [0.1, 0.15) is 0 Å². The van der Waals surface area contributed by atoms with Gasteiger partial charge in [0.1, 0.15) is 73.2 Å². The molecule has 5 rings (SSSR count). The summed E-state index contributed by atoms with van der Waals surface area (Å²) >= 11 is 0. The van der Waals surface area contributed by atoms with Crippen molar-refractivity contribution < 1.29 is 113 Å². The van der Waals surface area contributed by atoms with Crippen LogP contribution in [0.5, 0.6) is 0 Å². The van der Waals surface area contributed by atoms with Gasteiger partial charge in [-0.05, 0) is 12.1 Å². The van der Waals surface area contributed by atoms with Gasteiger partial charge in [-0.3, -0.25) is 14.4 Å². The van der Waals surface area contributed by atoms with E-state index in [9.17, 15) is 84.1 Å². The molecule has 2 aromatic carbocycles. The molecule has 0 aliphatic carbocycles. The number of hydrogen-bond donors (Lipinski definition) is 13. The number of nitrogens with zero attached hydrogens (tertiary/aromatic N) is 4. The van der Waals surface area contributed by atoms with Crippen LogP contribution >= 0.6 is 0 Å². The predicted octanol–water partition coefficient (Wildman–Crippen LogP) is -8.51. The first kappa shape index (κ1) is 58.0. The summed E-state index contributed by atoms with van der Waals surface area (Å²) in [5.41, 5.74) is 6.08. The predicted molar refractivity (Wildman–Crippen MR) is 239 cm³/mol. The highest BCUT2D eigenvalue weighted by Crippen LogP contribution is 2.32. The summed E-state index contributed by atoms with van der Waals surface area (Å²) in [6.07, 6.45) is -25.5. The van der Waals surface area contributed by atoms with E-state index in [1.54, 1.807) is 37.2 Å². The van der Waals surface area contributed by atoms with Crippen LogP contribution in [0.2, 0.25) is 0 Å². The number of carbonyl (C=O) groups excluding carboxylic acids is 3. The van der Waals surface area contributed by atoms with E-state index < -0.39 is 199 Å². The van der Waals surface area contributed by atoms with Gasteiger partial charge in [0.15, 0.2) is 18.9 Å². The fourth-order valence-electron chi connectivity index (χ4n) is 8.03. The minimum Gasteiger partial charge on any atom is -0.394 e. The number of aliphatic hydroxyl groups excluding tert-OH is 12. The zero-order valence-corrected chi connectivity index (χ0v) is 39.6. The van der Waals surface area contributed by atoms with E-state index in [-0.39, 0.29) is 10.3 Å². The summed E-state index contributed by atoms with van der Waals surface area (Å²) in [4.78, 5) is 44.0. The lowest BCUT2D eigenvalue weighted by Gasteiger charge is -2.40. The van der Waals surface area contributed by atoms with Crippen molar-refractivity contribution in [3.05, 3.63) is 36.4 Å². The van der Waals surface area contributed by atoms with E-state index in [1.165, 1.54) is 18.2 Å². The molecule has 2 aromatic rings. The molecule has 402 valence electrons. The van der Waals surface area contributed by atoms with Gasteiger partial charge in [0, 0.05) is 50.2 Å². The summed E-state index contributed by atoms with van der Waals surface area (Å²) in [6.45, 7) is -8.76. The Bertz CT molecular complexity index is 2180. The van der Waals surface area contributed by atoms with E-state index in [1.807, 2.05) is 0 Å². The van der Waals surface area contributed by atoms with Crippen LogP contribution in [-0.4, -0.2) is 287 Å². The zero-order valence-electron chi connectivity index (χ0n) is 38.7. The maximum atomic E-state index is 14.9. The third-order valence-corrected chi connectivity index (χ3v) is 14.0. The molecule has 3 fully saturated rings. The Morgan fingerprint density at radius 3 is 1.37 bits per heavy atom. The second kappa shape index (κ2) is 25.9. The normalized spacial score (nSPS) is 31.4. The molecule has 3 amide bonds. The quantitative estimate of drug-likeness (QED) is 0.0464. The van der Waals surface area contributed by atoms with Crippen molar-refractivity contribution in [3.63, 3.8) is 0 Å². The standard InChI is InChI=1S/C42H65N5O23S/c1-44(2)23-7-3-6-22-21(23)5-4-8-27(22)71(63,64)47(11-14-67-42-39(62)36(59)33(56)26(20-50)70-42)17-30(53)46(10-13-66-41-38(61)35(58)32(55)25(19-49)69-41)16-29(52)45(15-28(43)51)9-12-65-40-37(60)34(57)31(54)24(18-48)68-40/h3-8,24-26,31-42,48-50,54-62H,9-20H2,1-2H3,(H2,43,51)/t24-,25-,26-,31-,32-,33-,34+,35+,36+,37+,38+,39+,40+,41+,42+/m1/s1. The molecule has 14 N–H and O–H groups in total. The largest absolute Gasteiger partial charge is 0.394 e. The number of primary amides is 1. The minimum absolute atomic E-state index is 0.235. The fourth-order valence-corrected chi connectivity index (χ4v) is 9.61. The molecule has 0 radical (unpaired) electrons. The third-order valence-electron chi connectivity index (χ3n) is 12.1. The molecule has 3 heterocycles. The molecule has 15 atom stereocenters. The van der Waals surface area contributed by atoms with Crippen molar-refractivity contribution in [1.82, 2.24) is 14.1 Å². The third kappa shape index (κ3) is 13.8. The number of amides is 3.